The number of hydrogen-bond donors (Lipinski definition) is 2. The van der Waals surface area contributed by atoms with Crippen LogP contribution in [0.25, 0.3) is 22.4 Å². The Kier molecular flexibility index (Phi) is 5.96. The van der Waals surface area contributed by atoms with Gasteiger partial charge in [0.25, 0.3) is 0 Å². The molecular formula is C26H29N5O2. The molecule has 7 heteroatoms. The zero-order valence-electron chi connectivity index (χ0n) is 18.7. The van der Waals surface area contributed by atoms with Crippen LogP contribution in [-0.2, 0) is 4.79 Å². The molecule has 33 heavy (non-hydrogen) atoms. The lowest BCUT2D eigenvalue weighted by Crippen LogP contribution is -2.51. The summed E-state index contributed by atoms with van der Waals surface area (Å²) in [5.74, 6) is 0.945. The lowest BCUT2D eigenvalue weighted by atomic mass is 9.93. The number of nitrogens with two attached hydrogens (primary N) is 1. The maximum atomic E-state index is 11.5. The van der Waals surface area contributed by atoms with Crippen LogP contribution < -0.4 is 10.6 Å². The summed E-state index contributed by atoms with van der Waals surface area (Å²) < 4.78 is 0. The summed E-state index contributed by atoms with van der Waals surface area (Å²) >= 11 is 0. The number of phenols is 1. The third kappa shape index (κ3) is 4.54. The van der Waals surface area contributed by atoms with Crippen LogP contribution >= 0.6 is 0 Å². The number of nitrogen functional groups attached to an aromatic ring is 1. The van der Waals surface area contributed by atoms with Gasteiger partial charge < -0.3 is 15.7 Å². The van der Waals surface area contributed by atoms with Gasteiger partial charge in [-0.2, -0.15) is 0 Å². The number of hydrogen-bond acceptors (Lipinski definition) is 7. The van der Waals surface area contributed by atoms with Crippen LogP contribution in [0.1, 0.15) is 25.7 Å². The summed E-state index contributed by atoms with van der Waals surface area (Å²) in [7, 11) is 0. The summed E-state index contributed by atoms with van der Waals surface area (Å²) in [6.07, 6.45) is 3.51. The standard InChI is InChI=1S/C26H29N5O2/c27-26-23(17-24(28-29-26)22-3-1-2-4-25(22)33)18-5-7-19(8-6-18)30-13-15-31(16-14-30)20-9-11-21(32)12-10-20/h1-8,17,20,33H,9-16H2,(H2,27,29). The fourth-order valence-electron chi connectivity index (χ4n) is 4.94. The lowest BCUT2D eigenvalue weighted by Gasteiger charge is -2.41. The minimum Gasteiger partial charge on any atom is -0.507 e. The average Bonchev–Trinajstić information content (AvgIpc) is 2.86. The molecule has 1 aliphatic carbocycles. The van der Waals surface area contributed by atoms with Crippen molar-refractivity contribution < 1.29 is 9.90 Å². The van der Waals surface area contributed by atoms with Gasteiger partial charge in [-0.3, -0.25) is 9.69 Å². The molecule has 0 atom stereocenters. The van der Waals surface area contributed by atoms with Crippen LogP contribution in [0.3, 0.4) is 0 Å². The molecule has 170 valence electrons. The van der Waals surface area contributed by atoms with Crippen LogP contribution in [0.2, 0.25) is 0 Å². The minimum absolute atomic E-state index is 0.164. The molecular weight excluding hydrogens is 414 g/mol. The van der Waals surface area contributed by atoms with Crippen molar-refractivity contribution in [3.05, 3.63) is 54.6 Å². The van der Waals surface area contributed by atoms with E-state index in [4.69, 9.17) is 5.73 Å². The number of nitrogens with zero attached hydrogens (tertiary/aromatic N) is 4. The van der Waals surface area contributed by atoms with Gasteiger partial charge in [-0.15, -0.1) is 10.2 Å². The summed E-state index contributed by atoms with van der Waals surface area (Å²) in [5.41, 5.74) is 10.3. The number of piperazine rings is 1. The molecule has 0 amide bonds. The summed E-state index contributed by atoms with van der Waals surface area (Å²) in [6.45, 7) is 4.04. The zero-order valence-corrected chi connectivity index (χ0v) is 18.7. The van der Waals surface area contributed by atoms with E-state index < -0.39 is 0 Å². The predicted molar refractivity (Wildman–Crippen MR) is 130 cm³/mol. The highest BCUT2D eigenvalue weighted by atomic mass is 16.3. The highest BCUT2D eigenvalue weighted by molar-refractivity contribution is 5.80. The van der Waals surface area contributed by atoms with Crippen LogP contribution in [0, 0.1) is 0 Å². The first-order chi connectivity index (χ1) is 16.1. The molecule has 0 unspecified atom stereocenters. The molecule has 3 N–H and O–H groups in total. The van der Waals surface area contributed by atoms with E-state index in [2.05, 4.69) is 44.3 Å². The van der Waals surface area contributed by atoms with Gasteiger partial charge in [0.2, 0.25) is 0 Å². The fourth-order valence-corrected chi connectivity index (χ4v) is 4.94. The van der Waals surface area contributed by atoms with Gasteiger partial charge in [-0.25, -0.2) is 0 Å². The van der Waals surface area contributed by atoms with Crippen LogP contribution in [0.4, 0.5) is 11.5 Å². The molecule has 2 heterocycles. The van der Waals surface area contributed by atoms with E-state index in [9.17, 15) is 9.90 Å². The number of benzene rings is 2. The maximum absolute atomic E-state index is 11.5. The summed E-state index contributed by atoms with van der Waals surface area (Å²) in [4.78, 5) is 16.5. The topological polar surface area (TPSA) is 95.6 Å². The number of anilines is 2. The highest BCUT2D eigenvalue weighted by Crippen LogP contribution is 2.33. The average molecular weight is 444 g/mol. The molecule has 2 aromatic carbocycles. The Morgan fingerprint density at radius 1 is 0.879 bits per heavy atom. The zero-order chi connectivity index (χ0) is 22.8. The van der Waals surface area contributed by atoms with Crippen molar-refractivity contribution in [1.29, 1.82) is 0 Å². The first kappa shape index (κ1) is 21.4. The van der Waals surface area contributed by atoms with Gasteiger partial charge in [0.1, 0.15) is 11.5 Å². The van der Waals surface area contributed by atoms with Gasteiger partial charge in [0.05, 0.1) is 5.69 Å². The fraction of sp³-hybridized carbons (Fsp3) is 0.346. The second-order valence-corrected chi connectivity index (χ2v) is 8.89. The third-order valence-corrected chi connectivity index (χ3v) is 6.89. The molecule has 0 radical (unpaired) electrons. The maximum Gasteiger partial charge on any atom is 0.154 e. The molecule has 2 fully saturated rings. The van der Waals surface area contributed by atoms with Crippen molar-refractivity contribution in [2.45, 2.75) is 31.7 Å². The predicted octanol–water partition coefficient (Wildman–Crippen LogP) is 3.73. The van der Waals surface area contributed by atoms with Gasteiger partial charge in [-0.1, -0.05) is 24.3 Å². The second-order valence-electron chi connectivity index (χ2n) is 8.89. The smallest absolute Gasteiger partial charge is 0.154 e. The Morgan fingerprint density at radius 2 is 1.58 bits per heavy atom. The Hall–Kier alpha value is -3.45. The number of ketones is 1. The first-order valence-electron chi connectivity index (χ1n) is 11.6. The SMILES string of the molecule is Nc1nnc(-c2ccccc2O)cc1-c1ccc(N2CCN(C3CCC(=O)CC3)CC2)cc1. The number of Topliss-reactive ketones (excluding diaryl/α,β-unsaturated/α-hetero) is 1. The van der Waals surface area contributed by atoms with E-state index in [0.29, 0.717) is 28.9 Å². The summed E-state index contributed by atoms with van der Waals surface area (Å²) in [5, 5.41) is 18.5. The van der Waals surface area contributed by atoms with Crippen LogP contribution in [-0.4, -0.2) is 58.2 Å². The van der Waals surface area contributed by atoms with Crippen molar-refractivity contribution in [2.75, 3.05) is 36.8 Å². The molecule has 2 aliphatic rings. The Morgan fingerprint density at radius 3 is 2.27 bits per heavy atom. The van der Waals surface area contributed by atoms with E-state index in [1.165, 1.54) is 5.69 Å². The monoisotopic (exact) mass is 443 g/mol. The molecule has 1 saturated carbocycles. The van der Waals surface area contributed by atoms with Crippen molar-refractivity contribution in [1.82, 2.24) is 15.1 Å². The second kappa shape index (κ2) is 9.19. The number of phenolic OH excluding ortho intramolecular Hbond substituents is 1. The van der Waals surface area contributed by atoms with Crippen molar-refractivity contribution in [2.24, 2.45) is 0 Å². The minimum atomic E-state index is 0.164. The number of rotatable bonds is 4. The van der Waals surface area contributed by atoms with Crippen molar-refractivity contribution in [3.8, 4) is 28.1 Å². The largest absolute Gasteiger partial charge is 0.507 e. The van der Waals surface area contributed by atoms with Gasteiger partial charge in [-0.05, 0) is 48.7 Å². The van der Waals surface area contributed by atoms with Crippen molar-refractivity contribution >= 4 is 17.3 Å². The van der Waals surface area contributed by atoms with E-state index in [1.807, 2.05) is 18.2 Å². The number of para-hydroxylation sites is 1. The number of carbonyl (C=O) groups excluding carboxylic acids is 1. The lowest BCUT2D eigenvalue weighted by molar-refractivity contribution is -0.121. The number of aromatic hydroxyl groups is 1. The molecule has 5 rings (SSSR count). The Labute approximate surface area is 193 Å². The molecule has 1 aliphatic heterocycles. The van der Waals surface area contributed by atoms with E-state index >= 15 is 0 Å². The molecule has 0 spiro atoms. The molecule has 3 aromatic rings. The third-order valence-electron chi connectivity index (χ3n) is 6.89. The van der Waals surface area contributed by atoms with Gasteiger partial charge in [0, 0.05) is 61.9 Å². The quantitative estimate of drug-likeness (QED) is 0.634. The normalized spacial score (nSPS) is 17.9. The molecule has 1 aromatic heterocycles. The van der Waals surface area contributed by atoms with Gasteiger partial charge >= 0.3 is 0 Å². The number of carbonyl (C=O) groups is 1. The number of aromatic nitrogens is 2. The van der Waals surface area contributed by atoms with E-state index in [0.717, 1.165) is 63.0 Å². The molecule has 0 bridgehead atoms. The van der Waals surface area contributed by atoms with Crippen LogP contribution in [0.5, 0.6) is 5.75 Å². The Balaban J connectivity index is 1.28. The first-order valence-corrected chi connectivity index (χ1v) is 11.6. The van der Waals surface area contributed by atoms with E-state index in [-0.39, 0.29) is 5.75 Å². The Bertz CT molecular complexity index is 1130. The van der Waals surface area contributed by atoms with E-state index in [1.54, 1.807) is 12.1 Å². The van der Waals surface area contributed by atoms with Crippen molar-refractivity contribution in [3.63, 3.8) is 0 Å². The molecule has 7 nitrogen and oxygen atoms in total. The van der Waals surface area contributed by atoms with Gasteiger partial charge in [0.15, 0.2) is 5.82 Å². The van der Waals surface area contributed by atoms with Crippen LogP contribution in [0.15, 0.2) is 54.6 Å². The molecule has 1 saturated heterocycles. The highest BCUT2D eigenvalue weighted by Gasteiger charge is 2.27. The summed E-state index contributed by atoms with van der Waals surface area (Å²) in [6, 6.07) is 17.9.